The van der Waals surface area contributed by atoms with Gasteiger partial charge < -0.3 is 20.1 Å². The average Bonchev–Trinajstić information content (AvgIpc) is 3.09. The van der Waals surface area contributed by atoms with Crippen molar-refractivity contribution in [3.05, 3.63) is 117 Å². The minimum atomic E-state index is -0.407. The van der Waals surface area contributed by atoms with Gasteiger partial charge >= 0.3 is 5.69 Å². The molecule has 232 valence electrons. The Kier molecular flexibility index (Phi) is 9.42. The van der Waals surface area contributed by atoms with Gasteiger partial charge in [-0.15, -0.1) is 0 Å². The van der Waals surface area contributed by atoms with E-state index >= 15 is 0 Å². The zero-order valence-corrected chi connectivity index (χ0v) is 25.1. The minimum Gasteiger partial charge on any atom is -0.354 e. The van der Waals surface area contributed by atoms with E-state index < -0.39 is 5.69 Å². The molecule has 0 bridgehead atoms. The second kappa shape index (κ2) is 14.0. The molecule has 0 spiro atoms. The smallest absolute Gasteiger partial charge is 0.328 e. The molecule has 10 heteroatoms. The molecule has 2 fully saturated rings. The van der Waals surface area contributed by atoms with Crippen LogP contribution in [-0.2, 0) is 6.54 Å². The van der Waals surface area contributed by atoms with Crippen LogP contribution in [0.4, 0.5) is 10.2 Å². The number of fused-ring (bicyclic) bond motifs is 2. The number of piperazine rings is 1. The molecule has 0 saturated carbocycles. The van der Waals surface area contributed by atoms with Crippen molar-refractivity contribution >= 4 is 33.4 Å². The fourth-order valence-electron chi connectivity index (χ4n) is 6.04. The van der Waals surface area contributed by atoms with Crippen LogP contribution in [0.5, 0.6) is 0 Å². The average molecular weight is 609 g/mol. The van der Waals surface area contributed by atoms with E-state index in [0.717, 1.165) is 50.6 Å². The molecule has 7 rings (SSSR count). The first kappa shape index (κ1) is 30.4. The Hall–Kier alpha value is -4.67. The number of carbonyl (C=O) groups is 1. The van der Waals surface area contributed by atoms with Crippen LogP contribution in [0, 0.1) is 11.7 Å². The number of Topliss-reactive ketones (excluding diaryl/α,β-unsaturated/α-hetero) is 1. The monoisotopic (exact) mass is 608 g/mol. The molecule has 0 atom stereocenters. The second-order valence-corrected chi connectivity index (χ2v) is 11.5. The van der Waals surface area contributed by atoms with Crippen molar-refractivity contribution in [1.82, 2.24) is 24.8 Å². The third-order valence-corrected chi connectivity index (χ3v) is 8.64. The molecule has 2 N–H and O–H groups in total. The van der Waals surface area contributed by atoms with Crippen LogP contribution in [0.2, 0.25) is 0 Å². The van der Waals surface area contributed by atoms with Crippen molar-refractivity contribution in [2.75, 3.05) is 50.7 Å². The number of aromatic amines is 1. The zero-order valence-electron chi connectivity index (χ0n) is 25.1. The largest absolute Gasteiger partial charge is 0.354 e. The summed E-state index contributed by atoms with van der Waals surface area (Å²) in [6.45, 7) is 6.50. The molecule has 2 saturated heterocycles. The number of anilines is 1. The highest BCUT2D eigenvalue weighted by Gasteiger charge is 2.26. The third-order valence-electron chi connectivity index (χ3n) is 8.64. The molecule has 9 nitrogen and oxygen atoms in total. The summed E-state index contributed by atoms with van der Waals surface area (Å²) in [6, 6.07) is 25.2. The molecule has 0 amide bonds. The number of aromatic nitrogens is 3. The lowest BCUT2D eigenvalue weighted by Crippen LogP contribution is -2.43. The van der Waals surface area contributed by atoms with Crippen molar-refractivity contribution < 1.29 is 9.18 Å². The van der Waals surface area contributed by atoms with E-state index in [0.29, 0.717) is 42.4 Å². The summed E-state index contributed by atoms with van der Waals surface area (Å²) in [7, 11) is 0. The van der Waals surface area contributed by atoms with Crippen LogP contribution in [0.25, 0.3) is 21.8 Å². The number of carbonyl (C=O) groups excluding carboxylic acids is 1. The van der Waals surface area contributed by atoms with E-state index in [-0.39, 0.29) is 23.1 Å². The summed E-state index contributed by atoms with van der Waals surface area (Å²) in [5, 5.41) is 5.06. The predicted octanol–water partition coefficient (Wildman–Crippen LogP) is 4.07. The van der Waals surface area contributed by atoms with Gasteiger partial charge in [-0.3, -0.25) is 14.2 Å². The Labute approximate surface area is 260 Å². The van der Waals surface area contributed by atoms with Crippen molar-refractivity contribution in [2.24, 2.45) is 5.92 Å². The van der Waals surface area contributed by atoms with E-state index in [4.69, 9.17) is 4.98 Å². The topological polar surface area (TPSA) is 103 Å². The minimum absolute atomic E-state index is 0.0480. The molecule has 45 heavy (non-hydrogen) atoms. The van der Waals surface area contributed by atoms with Crippen LogP contribution < -0.4 is 21.5 Å². The predicted molar refractivity (Wildman–Crippen MR) is 176 cm³/mol. The maximum absolute atomic E-state index is 13.0. The van der Waals surface area contributed by atoms with Crippen LogP contribution in [-0.4, -0.2) is 71.0 Å². The van der Waals surface area contributed by atoms with E-state index in [1.807, 2.05) is 6.07 Å². The highest BCUT2D eigenvalue weighted by Crippen LogP contribution is 2.22. The molecule has 2 aliphatic rings. The Morgan fingerprint density at radius 2 is 1.53 bits per heavy atom. The van der Waals surface area contributed by atoms with Crippen molar-refractivity contribution in [3.63, 3.8) is 0 Å². The van der Waals surface area contributed by atoms with Gasteiger partial charge in [-0.2, -0.15) is 0 Å². The van der Waals surface area contributed by atoms with Gasteiger partial charge in [0.1, 0.15) is 11.6 Å². The number of para-hydroxylation sites is 2. The summed E-state index contributed by atoms with van der Waals surface area (Å²) in [6.07, 6.45) is 1.42. The zero-order chi connectivity index (χ0) is 31.2. The van der Waals surface area contributed by atoms with Gasteiger partial charge in [-0.05, 0) is 80.5 Å². The fourth-order valence-corrected chi connectivity index (χ4v) is 6.04. The Morgan fingerprint density at radius 1 is 0.822 bits per heavy atom. The van der Waals surface area contributed by atoms with Gasteiger partial charge in [-0.1, -0.05) is 30.3 Å². The summed E-state index contributed by atoms with van der Waals surface area (Å²) in [5.74, 6) is 0.714. The lowest BCUT2D eigenvalue weighted by molar-refractivity contribution is 0.0837. The Morgan fingerprint density at radius 3 is 2.31 bits per heavy atom. The van der Waals surface area contributed by atoms with Crippen LogP contribution in [0.15, 0.2) is 94.5 Å². The second-order valence-electron chi connectivity index (χ2n) is 11.5. The molecule has 0 radical (unpaired) electrons. The van der Waals surface area contributed by atoms with E-state index in [1.54, 1.807) is 24.3 Å². The van der Waals surface area contributed by atoms with Crippen LogP contribution in [0.3, 0.4) is 0 Å². The van der Waals surface area contributed by atoms with E-state index in [1.165, 1.54) is 34.2 Å². The van der Waals surface area contributed by atoms with Gasteiger partial charge in [0, 0.05) is 56.1 Å². The maximum atomic E-state index is 13.0. The first-order chi connectivity index (χ1) is 22.0. The lowest BCUT2D eigenvalue weighted by Gasteiger charge is -2.31. The Balaban J connectivity index is 0.000000187. The van der Waals surface area contributed by atoms with Crippen molar-refractivity contribution in [1.29, 1.82) is 0 Å². The number of hydrogen-bond acceptors (Lipinski definition) is 7. The van der Waals surface area contributed by atoms with Gasteiger partial charge in [0.15, 0.2) is 5.78 Å². The molecule has 0 aliphatic carbocycles. The molecule has 2 aliphatic heterocycles. The van der Waals surface area contributed by atoms with Gasteiger partial charge in [0.25, 0.3) is 5.56 Å². The highest BCUT2D eigenvalue weighted by atomic mass is 19.1. The van der Waals surface area contributed by atoms with Gasteiger partial charge in [-0.25, -0.2) is 14.2 Å². The summed E-state index contributed by atoms with van der Waals surface area (Å²) in [4.78, 5) is 49.4. The van der Waals surface area contributed by atoms with Crippen molar-refractivity contribution in [2.45, 2.75) is 19.4 Å². The van der Waals surface area contributed by atoms with E-state index in [2.05, 4.69) is 50.4 Å². The SMILES string of the molecule is O=C(c1ccc(F)cc1)C1CCN(CCn2c(=O)[nH]c3ccccc3c2=O)CC1.c1ccc2nc(N3CCNCC3)ccc2c1. The standard InChI is InChI=1S/C22H22FN3O3.C13H15N3/c23-17-7-5-15(6-8-17)20(27)16-9-11-25(12-10-16)13-14-26-21(28)18-3-1-2-4-19(18)24-22(26)29;1-2-4-12-11(3-1)5-6-13(15-12)16-9-7-14-8-10-16/h1-8,16H,9-14H2,(H,24,29);1-6,14H,7-10H2. The number of ketones is 1. The highest BCUT2D eigenvalue weighted by molar-refractivity contribution is 5.97. The van der Waals surface area contributed by atoms with Crippen LogP contribution in [0.1, 0.15) is 23.2 Å². The number of pyridine rings is 1. The first-order valence-electron chi connectivity index (χ1n) is 15.5. The molecule has 5 aromatic rings. The number of nitrogens with one attached hydrogen (secondary N) is 2. The normalized spacial score (nSPS) is 16.0. The molecule has 2 aromatic heterocycles. The number of nitrogens with zero attached hydrogens (tertiary/aromatic N) is 4. The number of likely N-dealkylation sites (tertiary alicyclic amines) is 1. The number of hydrogen-bond donors (Lipinski definition) is 2. The summed E-state index contributed by atoms with van der Waals surface area (Å²) in [5.41, 5.74) is 1.47. The maximum Gasteiger partial charge on any atom is 0.328 e. The molecule has 0 unspecified atom stereocenters. The third kappa shape index (κ3) is 7.19. The van der Waals surface area contributed by atoms with Crippen LogP contribution >= 0.6 is 0 Å². The van der Waals surface area contributed by atoms with Gasteiger partial charge in [0.05, 0.1) is 16.4 Å². The number of H-pyrrole nitrogens is 1. The first-order valence-corrected chi connectivity index (χ1v) is 15.5. The number of rotatable bonds is 6. The lowest BCUT2D eigenvalue weighted by atomic mass is 9.89. The Bertz CT molecular complexity index is 1890. The van der Waals surface area contributed by atoms with Crippen molar-refractivity contribution in [3.8, 4) is 0 Å². The molecule has 4 heterocycles. The fraction of sp³-hybridized carbons (Fsp3) is 0.314. The van der Waals surface area contributed by atoms with Gasteiger partial charge in [0.2, 0.25) is 0 Å². The summed E-state index contributed by atoms with van der Waals surface area (Å²) >= 11 is 0. The molecular formula is C35H37FN6O3. The molecule has 3 aromatic carbocycles. The summed E-state index contributed by atoms with van der Waals surface area (Å²) < 4.78 is 14.3. The quantitative estimate of drug-likeness (QED) is 0.280. The number of piperidine rings is 1. The number of benzene rings is 3. The number of halogens is 1. The molecular weight excluding hydrogens is 571 g/mol. The van der Waals surface area contributed by atoms with E-state index in [9.17, 15) is 18.8 Å².